The first-order valence-corrected chi connectivity index (χ1v) is 22.9. The van der Waals surface area contributed by atoms with Crippen molar-refractivity contribution < 1.29 is 58.5 Å². The number of aliphatic hydroxyl groups excluding tert-OH is 3. The molecule has 7 unspecified atom stereocenters. The quantitative estimate of drug-likeness (QED) is 0.147. The highest BCUT2D eigenvalue weighted by molar-refractivity contribution is 6.11. The number of Topliss-reactive ketones (excluding diaryl/α,β-unsaturated/α-hetero) is 1. The largest absolute Gasteiger partial charge is 0.492 e. The summed E-state index contributed by atoms with van der Waals surface area (Å²) in [5, 5.41) is 47.7. The summed E-state index contributed by atoms with van der Waals surface area (Å²) in [6.45, 7) is 4.36. The maximum atomic E-state index is 14.5. The van der Waals surface area contributed by atoms with E-state index in [0.29, 0.717) is 72.5 Å². The van der Waals surface area contributed by atoms with Gasteiger partial charge in [-0.3, -0.25) is 14.6 Å². The predicted molar refractivity (Wildman–Crippen MR) is 230 cm³/mol. The Bertz CT molecular complexity index is 2360. The van der Waals surface area contributed by atoms with Crippen molar-refractivity contribution in [2.24, 2.45) is 28.7 Å². The molecule has 3 fully saturated rings. The van der Waals surface area contributed by atoms with Crippen LogP contribution >= 0.6 is 0 Å². The number of likely N-dealkylation sites (tertiary alicyclic amines) is 1. The molecule has 1 saturated heterocycles. The number of rotatable bonds is 11. The van der Waals surface area contributed by atoms with Gasteiger partial charge in [0.1, 0.15) is 34.7 Å². The number of aliphatic hydroxyl groups is 4. The van der Waals surface area contributed by atoms with Crippen molar-refractivity contribution in [2.45, 2.75) is 95.4 Å². The molecule has 7 atom stereocenters. The molecule has 14 heteroatoms. The van der Waals surface area contributed by atoms with Crippen molar-refractivity contribution in [2.75, 3.05) is 66.3 Å². The highest BCUT2D eigenvalue weighted by Gasteiger charge is 2.55. The lowest BCUT2D eigenvalue weighted by atomic mass is 9.63. The summed E-state index contributed by atoms with van der Waals surface area (Å²) in [6.07, 6.45) is 7.48. The molecule has 338 valence electrons. The van der Waals surface area contributed by atoms with Crippen molar-refractivity contribution >= 4 is 29.7 Å². The Kier molecular flexibility index (Phi) is 12.7. The molecule has 0 amide bonds. The number of fused-ring (bicyclic) bond motifs is 8. The molecule has 0 radical (unpaired) electrons. The Morgan fingerprint density at radius 2 is 1.94 bits per heavy atom. The number of hydrogen-bond donors (Lipinski definition) is 4. The number of nitrogens with zero attached hydrogens (tertiary/aromatic N) is 2. The van der Waals surface area contributed by atoms with Crippen molar-refractivity contribution in [1.82, 2.24) is 4.90 Å². The minimum atomic E-state index is -1.21. The Morgan fingerprint density at radius 3 is 2.70 bits per heavy atom. The van der Waals surface area contributed by atoms with Gasteiger partial charge in [0.25, 0.3) is 0 Å². The van der Waals surface area contributed by atoms with Crippen LogP contribution in [0.3, 0.4) is 0 Å². The monoisotopic (exact) mass is 868 g/mol. The van der Waals surface area contributed by atoms with Gasteiger partial charge in [-0.05, 0) is 105 Å². The third-order valence-corrected chi connectivity index (χ3v) is 14.9. The van der Waals surface area contributed by atoms with Gasteiger partial charge in [-0.2, -0.15) is 0 Å². The maximum Gasteiger partial charge on any atom is 0.375 e. The summed E-state index contributed by atoms with van der Waals surface area (Å²) < 4.78 is 31.0. The van der Waals surface area contributed by atoms with E-state index in [1.165, 1.54) is 0 Å². The van der Waals surface area contributed by atoms with Gasteiger partial charge < -0.3 is 49.0 Å². The molecule has 2 aromatic rings. The second kappa shape index (κ2) is 18.2. The van der Waals surface area contributed by atoms with Crippen LogP contribution in [-0.4, -0.2) is 121 Å². The average Bonchev–Trinajstić information content (AvgIpc) is 3.96. The third-order valence-electron chi connectivity index (χ3n) is 14.9. The standard InChI is InChI=1S/C49H60N2O12/c1-3-60-48(57)47-36(24-54)41-31-16-32(23-53)43(56)34(18-31)33-17-29-9-12-50-39(29)19-28(33)8-7-27(22-52)26-61-45-35-20-40(62-44(35)37(25-55)46(63-47)42(41)45)49(58)11-4-6-30-21-51(13-5-15-59-2)14-10-38(30)49/h9,17,19,24,27,30,32,34,38,40,52-53,55,58H,3-8,10-16,18,20-23,25-26H2,1-2H3. The number of hydrogen-bond acceptors (Lipinski definition) is 14. The molecule has 63 heavy (non-hydrogen) atoms. The van der Waals surface area contributed by atoms with Gasteiger partial charge in [0.2, 0.25) is 5.76 Å². The number of esters is 1. The van der Waals surface area contributed by atoms with E-state index in [9.17, 15) is 34.8 Å². The summed E-state index contributed by atoms with van der Waals surface area (Å²) >= 11 is 0. The lowest BCUT2D eigenvalue weighted by Gasteiger charge is -2.51. The Balaban J connectivity index is 1.22. The van der Waals surface area contributed by atoms with E-state index in [0.717, 1.165) is 67.0 Å². The zero-order chi connectivity index (χ0) is 44.0. The SMILES string of the molecule is CCOC(=O)C1=C(C=O)C2=C3CC(CO)C(=O)C(C3)c3cc4c(cc3CCC(CO)COc3c5c(c(CO)c(c32)O1)OC(C1(O)CCCC2CN(CCCOC)CCC21)C5)=NCC=4. The van der Waals surface area contributed by atoms with Crippen molar-refractivity contribution in [1.29, 1.82) is 0 Å². The summed E-state index contributed by atoms with van der Waals surface area (Å²) in [6, 6.07) is 4.03. The van der Waals surface area contributed by atoms with Gasteiger partial charge in [-0.1, -0.05) is 18.1 Å². The Labute approximate surface area is 367 Å². The molecule has 7 aliphatic rings. The number of piperidine rings is 1. The number of allylic oxidation sites excluding steroid dienone is 3. The zero-order valence-corrected chi connectivity index (χ0v) is 36.4. The Hall–Kier alpha value is -4.44. The number of aldehydes is 1. The summed E-state index contributed by atoms with van der Waals surface area (Å²) in [4.78, 5) is 49.0. The van der Waals surface area contributed by atoms with Crippen LogP contribution in [0.1, 0.15) is 92.0 Å². The van der Waals surface area contributed by atoms with Gasteiger partial charge in [0, 0.05) is 68.7 Å². The second-order valence-electron chi connectivity index (χ2n) is 18.4. The number of methoxy groups -OCH3 is 1. The molecule has 5 aliphatic heterocycles. The number of carbonyl (C=O) groups excluding carboxylic acids is 3. The zero-order valence-electron chi connectivity index (χ0n) is 36.4. The van der Waals surface area contributed by atoms with Crippen LogP contribution in [0.5, 0.6) is 17.2 Å². The molecule has 0 spiro atoms. The van der Waals surface area contributed by atoms with Crippen LogP contribution in [-0.2, 0) is 43.3 Å². The summed E-state index contributed by atoms with van der Waals surface area (Å²) in [5.74, 6) is -2.40. The van der Waals surface area contributed by atoms with Crippen LogP contribution in [0.4, 0.5) is 0 Å². The predicted octanol–water partition coefficient (Wildman–Crippen LogP) is 2.64. The van der Waals surface area contributed by atoms with Crippen LogP contribution in [0, 0.1) is 23.7 Å². The van der Waals surface area contributed by atoms with Crippen molar-refractivity contribution in [3.63, 3.8) is 0 Å². The summed E-state index contributed by atoms with van der Waals surface area (Å²) in [7, 11) is 1.71. The number of aryl methyl sites for hydroxylation is 1. The van der Waals surface area contributed by atoms with Gasteiger partial charge >= 0.3 is 5.97 Å². The molecule has 2 aromatic carbocycles. The lowest BCUT2D eigenvalue weighted by Crippen LogP contribution is -2.59. The maximum absolute atomic E-state index is 14.5. The molecule has 0 aromatic heterocycles. The van der Waals surface area contributed by atoms with Gasteiger partial charge in [-0.15, -0.1) is 0 Å². The molecule has 9 rings (SSSR count). The first kappa shape index (κ1) is 43.8. The van der Waals surface area contributed by atoms with E-state index >= 15 is 0 Å². The molecular weight excluding hydrogens is 809 g/mol. The average molecular weight is 869 g/mol. The van der Waals surface area contributed by atoms with Crippen LogP contribution < -0.4 is 24.8 Å². The van der Waals surface area contributed by atoms with Gasteiger partial charge in [0.05, 0.1) is 55.0 Å². The second-order valence-corrected chi connectivity index (χ2v) is 18.4. The van der Waals surface area contributed by atoms with Gasteiger partial charge in [-0.25, -0.2) is 4.79 Å². The first-order chi connectivity index (χ1) is 30.7. The van der Waals surface area contributed by atoms with E-state index in [1.807, 2.05) is 18.2 Å². The molecule has 4 N–H and O–H groups in total. The first-order valence-electron chi connectivity index (χ1n) is 22.9. The fraction of sp³-hybridized carbons (Fsp3) is 0.592. The lowest BCUT2D eigenvalue weighted by molar-refractivity contribution is -0.151. The van der Waals surface area contributed by atoms with E-state index in [1.54, 1.807) is 14.0 Å². The normalized spacial score (nSPS) is 28.8. The minimum absolute atomic E-state index is 0.00539. The number of carbonyl (C=O) groups is 3. The van der Waals surface area contributed by atoms with E-state index in [-0.39, 0.29) is 85.3 Å². The third kappa shape index (κ3) is 7.74. The van der Waals surface area contributed by atoms with Crippen molar-refractivity contribution in [3.8, 4) is 17.2 Å². The molecule has 2 aliphatic carbocycles. The van der Waals surface area contributed by atoms with Crippen LogP contribution in [0.25, 0.3) is 11.6 Å². The number of ketones is 1. The van der Waals surface area contributed by atoms with Crippen LogP contribution in [0.2, 0.25) is 0 Å². The highest BCUT2D eigenvalue weighted by atomic mass is 16.6. The van der Waals surface area contributed by atoms with Crippen molar-refractivity contribution in [3.05, 3.63) is 67.4 Å². The number of benzene rings is 2. The molecular formula is C49H60N2O12. The smallest absolute Gasteiger partial charge is 0.375 e. The minimum Gasteiger partial charge on any atom is -0.492 e. The number of ether oxygens (including phenoxy) is 5. The summed E-state index contributed by atoms with van der Waals surface area (Å²) in [5.41, 5.74) is 2.52. The van der Waals surface area contributed by atoms with E-state index in [4.69, 9.17) is 23.7 Å². The molecule has 2 saturated carbocycles. The molecule has 2 bridgehead atoms. The molecule has 14 nitrogen and oxygen atoms in total. The fourth-order valence-corrected chi connectivity index (χ4v) is 11.8. The topological polar surface area (TPSA) is 194 Å². The fourth-order valence-electron chi connectivity index (χ4n) is 11.8. The Morgan fingerprint density at radius 1 is 1.08 bits per heavy atom. The van der Waals surface area contributed by atoms with Crippen LogP contribution in [0.15, 0.2) is 34.0 Å². The highest BCUT2D eigenvalue weighted by Crippen LogP contribution is 2.58. The van der Waals surface area contributed by atoms with Gasteiger partial charge in [0.15, 0.2) is 6.29 Å². The van der Waals surface area contributed by atoms with E-state index in [2.05, 4.69) is 9.89 Å². The van der Waals surface area contributed by atoms with E-state index < -0.39 is 42.7 Å². The molecule has 5 heterocycles.